The van der Waals surface area contributed by atoms with Crippen molar-refractivity contribution in [3.05, 3.63) is 41.6 Å². The minimum Gasteiger partial charge on any atom is -0.378 e. The zero-order valence-electron chi connectivity index (χ0n) is 12.7. The van der Waals surface area contributed by atoms with Gasteiger partial charge in [0.15, 0.2) is 11.5 Å². The molecule has 0 saturated carbocycles. The number of fused-ring (bicyclic) bond motifs is 1. The maximum absolute atomic E-state index is 6.59. The van der Waals surface area contributed by atoms with Crippen molar-refractivity contribution in [3.8, 4) is 11.3 Å². The van der Waals surface area contributed by atoms with Crippen LogP contribution in [0.15, 0.2) is 30.7 Å². The maximum Gasteiger partial charge on any atom is 0.181 e. The van der Waals surface area contributed by atoms with E-state index in [1.165, 1.54) is 0 Å². The molecule has 1 saturated heterocycles. The van der Waals surface area contributed by atoms with Crippen LogP contribution in [-0.2, 0) is 4.74 Å². The van der Waals surface area contributed by atoms with Crippen molar-refractivity contribution in [1.82, 2.24) is 19.4 Å². The Bertz CT molecular complexity index is 843. The Morgan fingerprint density at radius 1 is 1.22 bits per heavy atom. The number of morpholine rings is 1. The van der Waals surface area contributed by atoms with Crippen molar-refractivity contribution in [2.75, 3.05) is 31.2 Å². The van der Waals surface area contributed by atoms with Gasteiger partial charge in [0.05, 0.1) is 18.9 Å². The van der Waals surface area contributed by atoms with Crippen molar-refractivity contribution in [1.29, 1.82) is 0 Å². The third kappa shape index (κ3) is 2.54. The van der Waals surface area contributed by atoms with Crippen molar-refractivity contribution >= 4 is 23.1 Å². The number of ether oxygens (including phenoxy) is 1. The zero-order valence-corrected chi connectivity index (χ0v) is 13.5. The molecule has 6 nitrogen and oxygen atoms in total. The molecule has 0 spiro atoms. The van der Waals surface area contributed by atoms with E-state index in [0.717, 1.165) is 35.8 Å². The van der Waals surface area contributed by atoms with Crippen LogP contribution in [0.1, 0.15) is 5.69 Å². The van der Waals surface area contributed by atoms with Gasteiger partial charge in [0.2, 0.25) is 0 Å². The minimum absolute atomic E-state index is 0.547. The Morgan fingerprint density at radius 2 is 2.04 bits per heavy atom. The quantitative estimate of drug-likeness (QED) is 0.723. The number of halogens is 1. The lowest BCUT2D eigenvalue weighted by molar-refractivity contribution is 0.122. The van der Waals surface area contributed by atoms with Crippen LogP contribution in [0.4, 0.5) is 5.82 Å². The lowest BCUT2D eigenvalue weighted by atomic mass is 10.2. The van der Waals surface area contributed by atoms with E-state index >= 15 is 0 Å². The van der Waals surface area contributed by atoms with Gasteiger partial charge in [-0.05, 0) is 19.1 Å². The van der Waals surface area contributed by atoms with Gasteiger partial charge in [-0.3, -0.25) is 9.38 Å². The minimum atomic E-state index is 0.547. The summed E-state index contributed by atoms with van der Waals surface area (Å²) in [6.45, 7) is 4.93. The number of pyridine rings is 1. The van der Waals surface area contributed by atoms with Crippen LogP contribution in [0.3, 0.4) is 0 Å². The van der Waals surface area contributed by atoms with Crippen molar-refractivity contribution < 1.29 is 4.74 Å². The van der Waals surface area contributed by atoms with Crippen LogP contribution in [0, 0.1) is 6.92 Å². The molecule has 0 aliphatic carbocycles. The first kappa shape index (κ1) is 14.4. The molecule has 118 valence electrons. The summed E-state index contributed by atoms with van der Waals surface area (Å²) in [6.07, 6.45) is 5.44. The molecule has 0 amide bonds. The molecule has 3 aromatic rings. The predicted molar refractivity (Wildman–Crippen MR) is 89.0 cm³/mol. The molecule has 0 radical (unpaired) electrons. The first-order valence-electron chi connectivity index (χ1n) is 7.52. The van der Waals surface area contributed by atoms with Gasteiger partial charge < -0.3 is 9.64 Å². The van der Waals surface area contributed by atoms with E-state index in [9.17, 15) is 0 Å². The van der Waals surface area contributed by atoms with E-state index in [2.05, 4.69) is 14.9 Å². The molecule has 0 atom stereocenters. The summed E-state index contributed by atoms with van der Waals surface area (Å²) in [5, 5.41) is 0.547. The number of hydrogen-bond acceptors (Lipinski definition) is 5. The molecule has 4 heterocycles. The topological polar surface area (TPSA) is 55.5 Å². The Hall–Kier alpha value is -2.18. The molecule has 4 rings (SSSR count). The Morgan fingerprint density at radius 3 is 2.78 bits per heavy atom. The van der Waals surface area contributed by atoms with E-state index in [-0.39, 0.29) is 0 Å². The number of hydrogen-bond donors (Lipinski definition) is 0. The number of anilines is 1. The Kier molecular flexibility index (Phi) is 3.63. The number of aryl methyl sites for hydroxylation is 1. The predicted octanol–water partition coefficient (Wildman–Crippen LogP) is 2.59. The molecule has 1 aliphatic rings. The third-order valence-electron chi connectivity index (χ3n) is 3.90. The highest BCUT2D eigenvalue weighted by atomic mass is 35.5. The second-order valence-corrected chi connectivity index (χ2v) is 5.85. The van der Waals surface area contributed by atoms with Crippen LogP contribution >= 0.6 is 11.6 Å². The number of imidazole rings is 1. The van der Waals surface area contributed by atoms with Crippen molar-refractivity contribution in [2.24, 2.45) is 0 Å². The van der Waals surface area contributed by atoms with Crippen LogP contribution in [0.5, 0.6) is 0 Å². The SMILES string of the molecule is Cc1cn2c(Cl)c(-c3cccnc3)nc(N3CCOCC3)c2n1. The van der Waals surface area contributed by atoms with Crippen molar-refractivity contribution in [2.45, 2.75) is 6.92 Å². The van der Waals surface area contributed by atoms with E-state index in [1.807, 2.05) is 29.7 Å². The number of aromatic nitrogens is 4. The maximum atomic E-state index is 6.59. The number of nitrogens with zero attached hydrogens (tertiary/aromatic N) is 5. The highest BCUT2D eigenvalue weighted by Gasteiger charge is 2.21. The smallest absolute Gasteiger partial charge is 0.181 e. The van der Waals surface area contributed by atoms with Crippen LogP contribution in [-0.4, -0.2) is 45.7 Å². The Labute approximate surface area is 138 Å². The standard InChI is InChI=1S/C16H16ClN5O/c1-11-10-22-14(17)13(12-3-2-4-18-9-12)20-15(16(22)19-11)21-5-7-23-8-6-21/h2-4,9-10H,5-8H2,1H3. The largest absolute Gasteiger partial charge is 0.378 e. The molecule has 1 fully saturated rings. The molecule has 0 aromatic carbocycles. The van der Waals surface area contributed by atoms with E-state index in [0.29, 0.717) is 24.1 Å². The molecule has 1 aliphatic heterocycles. The summed E-state index contributed by atoms with van der Waals surface area (Å²) in [5.74, 6) is 0.838. The molecule has 0 unspecified atom stereocenters. The van der Waals surface area contributed by atoms with Crippen LogP contribution in [0.2, 0.25) is 5.15 Å². The van der Waals surface area contributed by atoms with Gasteiger partial charge >= 0.3 is 0 Å². The molecule has 23 heavy (non-hydrogen) atoms. The first-order valence-corrected chi connectivity index (χ1v) is 7.90. The lowest BCUT2D eigenvalue weighted by Gasteiger charge is -2.28. The van der Waals surface area contributed by atoms with Crippen molar-refractivity contribution in [3.63, 3.8) is 0 Å². The van der Waals surface area contributed by atoms with Crippen LogP contribution in [0.25, 0.3) is 16.9 Å². The summed E-state index contributed by atoms with van der Waals surface area (Å²) in [5.41, 5.74) is 3.29. The molecule has 0 bridgehead atoms. The van der Waals surface area contributed by atoms with E-state index in [1.54, 1.807) is 12.4 Å². The van der Waals surface area contributed by atoms with Gasteiger partial charge in [-0.2, -0.15) is 0 Å². The summed E-state index contributed by atoms with van der Waals surface area (Å²) in [6, 6.07) is 3.84. The van der Waals surface area contributed by atoms with Gasteiger partial charge in [0, 0.05) is 37.2 Å². The summed E-state index contributed by atoms with van der Waals surface area (Å²) in [4.78, 5) is 15.8. The molecular weight excluding hydrogens is 314 g/mol. The lowest BCUT2D eigenvalue weighted by Crippen LogP contribution is -2.37. The highest BCUT2D eigenvalue weighted by Crippen LogP contribution is 2.31. The zero-order chi connectivity index (χ0) is 15.8. The Balaban J connectivity index is 1.95. The molecular formula is C16H16ClN5O. The average molecular weight is 330 g/mol. The fourth-order valence-electron chi connectivity index (χ4n) is 2.80. The van der Waals surface area contributed by atoms with Gasteiger partial charge in [-0.15, -0.1) is 0 Å². The van der Waals surface area contributed by atoms with Gasteiger partial charge in [0.25, 0.3) is 0 Å². The molecule has 7 heteroatoms. The molecule has 0 N–H and O–H groups in total. The fraction of sp³-hybridized carbons (Fsp3) is 0.312. The summed E-state index contributed by atoms with van der Waals surface area (Å²) in [7, 11) is 0. The van der Waals surface area contributed by atoms with Gasteiger partial charge in [0.1, 0.15) is 10.8 Å². The normalized spacial score (nSPS) is 15.3. The highest BCUT2D eigenvalue weighted by molar-refractivity contribution is 6.32. The monoisotopic (exact) mass is 329 g/mol. The first-order chi connectivity index (χ1) is 11.2. The van der Waals surface area contributed by atoms with Gasteiger partial charge in [-0.25, -0.2) is 9.97 Å². The second kappa shape index (κ2) is 5.79. The summed E-state index contributed by atoms with van der Waals surface area (Å²) >= 11 is 6.59. The van der Waals surface area contributed by atoms with E-state index < -0.39 is 0 Å². The van der Waals surface area contributed by atoms with Crippen LogP contribution < -0.4 is 4.90 Å². The molecule has 3 aromatic heterocycles. The summed E-state index contributed by atoms with van der Waals surface area (Å²) < 4.78 is 7.34. The fourth-order valence-corrected chi connectivity index (χ4v) is 3.08. The third-order valence-corrected chi connectivity index (χ3v) is 4.26. The van der Waals surface area contributed by atoms with E-state index in [4.69, 9.17) is 21.3 Å². The average Bonchev–Trinajstić information content (AvgIpc) is 2.99. The second-order valence-electron chi connectivity index (χ2n) is 5.49. The van der Waals surface area contributed by atoms with Gasteiger partial charge in [-0.1, -0.05) is 11.6 Å². The number of rotatable bonds is 2.